The quantitative estimate of drug-likeness (QED) is 0.714. The van der Waals surface area contributed by atoms with Gasteiger partial charge in [-0.15, -0.1) is 5.10 Å². The second kappa shape index (κ2) is 6.64. The van der Waals surface area contributed by atoms with Crippen molar-refractivity contribution in [2.45, 2.75) is 13.2 Å². The van der Waals surface area contributed by atoms with E-state index < -0.39 is 0 Å². The van der Waals surface area contributed by atoms with Crippen molar-refractivity contribution in [3.05, 3.63) is 76.9 Å². The average Bonchev–Trinajstić information content (AvgIpc) is 3.03. The number of ether oxygens (including phenoxy) is 1. The second-order valence-electron chi connectivity index (χ2n) is 4.78. The molecule has 0 aliphatic carbocycles. The molecular weight excluding hydrogens is 300 g/mol. The first kappa shape index (κ1) is 14.6. The standard InChI is InChI=1S/C17H14ClN2O2/c18-15-5-7-16(8-6-15)20-10-9-17(19-20)22-12-14-4-2-1-3-13(14)11-21/h1-10H,11-12H2. The molecule has 4 nitrogen and oxygen atoms in total. The molecule has 0 amide bonds. The van der Waals surface area contributed by atoms with E-state index in [1.165, 1.54) is 0 Å². The topological polar surface area (TPSA) is 47.0 Å². The van der Waals surface area contributed by atoms with Crippen LogP contribution in [0.4, 0.5) is 0 Å². The highest BCUT2D eigenvalue weighted by atomic mass is 35.5. The Bertz CT molecular complexity index is 753. The Labute approximate surface area is 133 Å². The predicted octanol–water partition coefficient (Wildman–Crippen LogP) is 4.04. The molecule has 2 aromatic carbocycles. The summed E-state index contributed by atoms with van der Waals surface area (Å²) in [6.07, 6.45) is 1.82. The molecule has 0 saturated heterocycles. The Morgan fingerprint density at radius 2 is 1.73 bits per heavy atom. The van der Waals surface area contributed by atoms with Crippen molar-refractivity contribution in [1.29, 1.82) is 0 Å². The van der Waals surface area contributed by atoms with E-state index in [-0.39, 0.29) is 6.61 Å². The number of rotatable bonds is 5. The van der Waals surface area contributed by atoms with Gasteiger partial charge >= 0.3 is 0 Å². The van der Waals surface area contributed by atoms with E-state index >= 15 is 0 Å². The maximum absolute atomic E-state index is 11.1. The third-order valence-corrected chi connectivity index (χ3v) is 3.56. The molecule has 0 spiro atoms. The summed E-state index contributed by atoms with van der Waals surface area (Å²) < 4.78 is 7.38. The molecule has 1 heterocycles. The van der Waals surface area contributed by atoms with Crippen LogP contribution < -0.4 is 4.74 Å². The largest absolute Gasteiger partial charge is 0.472 e. The van der Waals surface area contributed by atoms with Gasteiger partial charge in [0.2, 0.25) is 5.88 Å². The second-order valence-corrected chi connectivity index (χ2v) is 5.21. The van der Waals surface area contributed by atoms with E-state index in [1.807, 2.05) is 54.7 Å². The van der Waals surface area contributed by atoms with Gasteiger partial charge in [0.15, 0.2) is 0 Å². The highest BCUT2D eigenvalue weighted by Gasteiger charge is 2.05. The first-order valence-electron chi connectivity index (χ1n) is 6.85. The normalized spacial score (nSPS) is 10.6. The first-order chi connectivity index (χ1) is 10.8. The molecule has 5 heteroatoms. The van der Waals surface area contributed by atoms with Gasteiger partial charge in [0.1, 0.15) is 13.2 Å². The Morgan fingerprint density at radius 3 is 2.45 bits per heavy atom. The van der Waals surface area contributed by atoms with E-state index in [2.05, 4.69) is 5.10 Å². The summed E-state index contributed by atoms with van der Waals surface area (Å²) in [5, 5.41) is 16.1. The minimum Gasteiger partial charge on any atom is -0.472 e. The van der Waals surface area contributed by atoms with Crippen LogP contribution >= 0.6 is 11.6 Å². The molecule has 0 aliphatic rings. The van der Waals surface area contributed by atoms with Gasteiger partial charge in [-0.3, -0.25) is 0 Å². The lowest BCUT2D eigenvalue weighted by Crippen LogP contribution is -2.01. The zero-order valence-corrected chi connectivity index (χ0v) is 12.5. The molecule has 1 radical (unpaired) electrons. The maximum atomic E-state index is 11.1. The molecule has 0 unspecified atom stereocenters. The van der Waals surface area contributed by atoms with Crippen molar-refractivity contribution >= 4 is 11.6 Å². The third-order valence-electron chi connectivity index (χ3n) is 3.31. The van der Waals surface area contributed by atoms with Crippen molar-refractivity contribution in [1.82, 2.24) is 9.78 Å². The first-order valence-corrected chi connectivity index (χ1v) is 7.23. The number of halogens is 1. The smallest absolute Gasteiger partial charge is 0.233 e. The van der Waals surface area contributed by atoms with Crippen LogP contribution in [0.25, 0.3) is 5.69 Å². The van der Waals surface area contributed by atoms with Gasteiger partial charge < -0.3 is 4.74 Å². The van der Waals surface area contributed by atoms with E-state index in [4.69, 9.17) is 16.3 Å². The molecule has 0 fully saturated rings. The van der Waals surface area contributed by atoms with Crippen molar-refractivity contribution in [3.8, 4) is 11.6 Å². The Kier molecular flexibility index (Phi) is 4.42. The van der Waals surface area contributed by atoms with Crippen LogP contribution in [0.5, 0.6) is 5.88 Å². The summed E-state index contributed by atoms with van der Waals surface area (Å²) >= 11 is 5.87. The van der Waals surface area contributed by atoms with Crippen LogP contribution in [0, 0.1) is 0 Å². The zero-order chi connectivity index (χ0) is 15.4. The Morgan fingerprint density at radius 1 is 1.00 bits per heavy atom. The van der Waals surface area contributed by atoms with Gasteiger partial charge in [0.05, 0.1) is 5.69 Å². The molecule has 0 N–H and O–H groups in total. The minimum atomic E-state index is -0.251. The number of nitrogens with zero attached hydrogens (tertiary/aromatic N) is 2. The van der Waals surface area contributed by atoms with Gasteiger partial charge in [0.25, 0.3) is 0 Å². The van der Waals surface area contributed by atoms with Gasteiger partial charge in [-0.2, -0.15) is 0 Å². The molecule has 111 valence electrons. The highest BCUT2D eigenvalue weighted by Crippen LogP contribution is 2.17. The van der Waals surface area contributed by atoms with Crippen molar-refractivity contribution in [2.75, 3.05) is 0 Å². The monoisotopic (exact) mass is 313 g/mol. The van der Waals surface area contributed by atoms with E-state index in [9.17, 15) is 5.11 Å². The van der Waals surface area contributed by atoms with Gasteiger partial charge in [-0.25, -0.2) is 9.79 Å². The number of hydrogen-bond acceptors (Lipinski definition) is 2. The van der Waals surface area contributed by atoms with E-state index in [1.54, 1.807) is 10.7 Å². The summed E-state index contributed by atoms with van der Waals surface area (Å²) in [6, 6.07) is 16.6. The van der Waals surface area contributed by atoms with Crippen LogP contribution in [0.15, 0.2) is 60.8 Å². The average molecular weight is 314 g/mol. The molecule has 0 bridgehead atoms. The fraction of sp³-hybridized carbons (Fsp3) is 0.118. The van der Waals surface area contributed by atoms with Gasteiger partial charge in [0, 0.05) is 17.3 Å². The van der Waals surface area contributed by atoms with Crippen LogP contribution in [0.1, 0.15) is 11.1 Å². The lowest BCUT2D eigenvalue weighted by molar-refractivity contribution is 0.174. The predicted molar refractivity (Wildman–Crippen MR) is 83.7 cm³/mol. The molecule has 3 aromatic rings. The lowest BCUT2D eigenvalue weighted by Gasteiger charge is -2.07. The maximum Gasteiger partial charge on any atom is 0.233 e. The SMILES string of the molecule is [O]Cc1ccccc1COc1ccn(-c2ccc(Cl)cc2)n1. The fourth-order valence-corrected chi connectivity index (χ4v) is 2.24. The Balaban J connectivity index is 1.71. The summed E-state index contributed by atoms with van der Waals surface area (Å²) in [5.41, 5.74) is 2.54. The molecule has 0 saturated carbocycles. The summed E-state index contributed by atoms with van der Waals surface area (Å²) in [4.78, 5) is 0. The number of benzene rings is 2. The number of hydrogen-bond donors (Lipinski definition) is 0. The molecule has 1 aromatic heterocycles. The van der Waals surface area contributed by atoms with Crippen molar-refractivity contribution in [3.63, 3.8) is 0 Å². The van der Waals surface area contributed by atoms with Crippen LogP contribution in [0.3, 0.4) is 0 Å². The zero-order valence-electron chi connectivity index (χ0n) is 11.8. The summed E-state index contributed by atoms with van der Waals surface area (Å²) in [5.74, 6) is 0.510. The summed E-state index contributed by atoms with van der Waals surface area (Å²) in [7, 11) is 0. The molecule has 0 aliphatic heterocycles. The molecular formula is C17H14ClN2O2. The van der Waals surface area contributed by atoms with Gasteiger partial charge in [-0.05, 0) is 35.4 Å². The van der Waals surface area contributed by atoms with E-state index in [0.29, 0.717) is 17.5 Å². The number of aromatic nitrogens is 2. The lowest BCUT2D eigenvalue weighted by atomic mass is 10.1. The van der Waals surface area contributed by atoms with Crippen LogP contribution in [-0.4, -0.2) is 9.78 Å². The summed E-state index contributed by atoms with van der Waals surface area (Å²) in [6.45, 7) is 0.0782. The van der Waals surface area contributed by atoms with Crippen LogP contribution in [-0.2, 0) is 18.3 Å². The molecule has 0 atom stereocenters. The van der Waals surface area contributed by atoms with Crippen molar-refractivity contribution in [2.24, 2.45) is 0 Å². The fourth-order valence-electron chi connectivity index (χ4n) is 2.11. The Hall–Kier alpha value is -2.30. The van der Waals surface area contributed by atoms with Crippen LogP contribution in [0.2, 0.25) is 5.02 Å². The van der Waals surface area contributed by atoms with E-state index in [0.717, 1.165) is 16.8 Å². The van der Waals surface area contributed by atoms with Crippen molar-refractivity contribution < 1.29 is 9.84 Å². The highest BCUT2D eigenvalue weighted by molar-refractivity contribution is 6.30. The third kappa shape index (κ3) is 3.30. The molecule has 3 rings (SSSR count). The minimum absolute atomic E-state index is 0.251. The molecule has 22 heavy (non-hydrogen) atoms. The van der Waals surface area contributed by atoms with Gasteiger partial charge in [-0.1, -0.05) is 35.9 Å².